The second-order valence-corrected chi connectivity index (χ2v) is 4.97. The van der Waals surface area contributed by atoms with Gasteiger partial charge in [0.25, 0.3) is 0 Å². The van der Waals surface area contributed by atoms with Crippen molar-refractivity contribution in [2.75, 3.05) is 10.7 Å². The average Bonchev–Trinajstić information content (AvgIpc) is 2.29. The second-order valence-electron chi connectivity index (χ2n) is 3.68. The summed E-state index contributed by atoms with van der Waals surface area (Å²) >= 11 is 6.35. The van der Waals surface area contributed by atoms with Crippen LogP contribution in [0.5, 0.6) is 0 Å². The molecule has 0 spiro atoms. The van der Waals surface area contributed by atoms with Crippen LogP contribution in [0, 0.1) is 0 Å². The second kappa shape index (κ2) is 9.30. The van der Waals surface area contributed by atoms with E-state index < -0.39 is 36.2 Å². The van der Waals surface area contributed by atoms with Gasteiger partial charge in [0.1, 0.15) is 0 Å². The van der Waals surface area contributed by atoms with Crippen LogP contribution in [0.25, 0.3) is 0 Å². The minimum atomic E-state index is -0.885. The largest absolute Gasteiger partial charge is 0.458 e. The number of ether oxygens (including phenoxy) is 3. The molecule has 0 aliphatic carbocycles. The van der Waals surface area contributed by atoms with Crippen molar-refractivity contribution >= 4 is 49.8 Å². The highest BCUT2D eigenvalue weighted by molar-refractivity contribution is 9.09. The van der Waals surface area contributed by atoms with E-state index in [0.29, 0.717) is 0 Å². The molecule has 19 heavy (non-hydrogen) atoms. The summed E-state index contributed by atoms with van der Waals surface area (Å²) in [5.41, 5.74) is 0. The number of halogens is 2. The van der Waals surface area contributed by atoms with E-state index in [9.17, 15) is 14.4 Å². The summed E-state index contributed by atoms with van der Waals surface area (Å²) in [5, 5.41) is 0.491. The summed E-state index contributed by atoms with van der Waals surface area (Å²) < 4.78 is 15.2. The van der Waals surface area contributed by atoms with Crippen molar-refractivity contribution in [3.63, 3.8) is 0 Å². The van der Waals surface area contributed by atoms with Gasteiger partial charge in [0.2, 0.25) is 0 Å². The minimum absolute atomic E-state index is 0.245. The van der Waals surface area contributed by atoms with Gasteiger partial charge in [-0.3, -0.25) is 14.4 Å². The third-order valence-electron chi connectivity index (χ3n) is 1.97. The highest BCUT2D eigenvalue weighted by Crippen LogP contribution is 2.17. The summed E-state index contributed by atoms with van der Waals surface area (Å²) in [6, 6.07) is 0. The molecular weight excluding hydrogens is 388 g/mol. The van der Waals surface area contributed by atoms with Crippen molar-refractivity contribution in [1.82, 2.24) is 0 Å². The zero-order valence-electron chi connectivity index (χ0n) is 10.9. The molecular formula is C11H16Br2O6. The molecule has 0 amide bonds. The Morgan fingerprint density at radius 1 is 0.789 bits per heavy atom. The molecule has 0 heterocycles. The Morgan fingerprint density at radius 2 is 1.11 bits per heavy atom. The van der Waals surface area contributed by atoms with E-state index in [-0.39, 0.29) is 10.7 Å². The van der Waals surface area contributed by atoms with Crippen LogP contribution >= 0.6 is 31.9 Å². The molecule has 0 bridgehead atoms. The molecule has 0 rings (SSSR count). The summed E-state index contributed by atoms with van der Waals surface area (Å²) in [7, 11) is 0. The highest BCUT2D eigenvalue weighted by Gasteiger charge is 2.35. The van der Waals surface area contributed by atoms with Gasteiger partial charge in [-0.15, -0.1) is 0 Å². The van der Waals surface area contributed by atoms with Gasteiger partial charge in [-0.2, -0.15) is 0 Å². The predicted octanol–water partition coefficient (Wildman–Crippen LogP) is 1.57. The van der Waals surface area contributed by atoms with Crippen molar-refractivity contribution in [3.05, 3.63) is 0 Å². The van der Waals surface area contributed by atoms with Gasteiger partial charge in [0.15, 0.2) is 18.3 Å². The zero-order chi connectivity index (χ0) is 15.0. The Morgan fingerprint density at radius 3 is 1.32 bits per heavy atom. The third-order valence-corrected chi connectivity index (χ3v) is 3.25. The van der Waals surface area contributed by atoms with E-state index in [0.717, 1.165) is 0 Å². The topological polar surface area (TPSA) is 78.9 Å². The lowest BCUT2D eigenvalue weighted by Gasteiger charge is -2.30. The van der Waals surface area contributed by atoms with Crippen LogP contribution in [-0.4, -0.2) is 46.9 Å². The van der Waals surface area contributed by atoms with Gasteiger partial charge in [-0.05, 0) is 0 Å². The zero-order valence-corrected chi connectivity index (χ0v) is 14.0. The molecule has 0 saturated heterocycles. The first-order valence-corrected chi connectivity index (χ1v) is 7.69. The Balaban J connectivity index is 5.06. The van der Waals surface area contributed by atoms with E-state index in [1.54, 1.807) is 0 Å². The molecule has 0 N–H and O–H groups in total. The van der Waals surface area contributed by atoms with E-state index in [1.165, 1.54) is 20.8 Å². The molecule has 0 aliphatic rings. The van der Waals surface area contributed by atoms with Gasteiger partial charge in [0, 0.05) is 31.4 Å². The van der Waals surface area contributed by atoms with Crippen LogP contribution in [-0.2, 0) is 28.6 Å². The molecule has 0 aromatic rings. The third kappa shape index (κ3) is 7.51. The van der Waals surface area contributed by atoms with Crippen molar-refractivity contribution in [1.29, 1.82) is 0 Å². The lowest BCUT2D eigenvalue weighted by molar-refractivity contribution is -0.178. The smallest absolute Gasteiger partial charge is 0.303 e. The van der Waals surface area contributed by atoms with E-state index in [1.807, 2.05) is 0 Å². The maximum Gasteiger partial charge on any atom is 0.303 e. The van der Waals surface area contributed by atoms with Crippen LogP contribution in [0.3, 0.4) is 0 Å². The predicted molar refractivity (Wildman–Crippen MR) is 74.3 cm³/mol. The Bertz CT molecular complexity index is 309. The van der Waals surface area contributed by atoms with Gasteiger partial charge < -0.3 is 14.2 Å². The molecule has 8 heteroatoms. The molecule has 110 valence electrons. The van der Waals surface area contributed by atoms with Gasteiger partial charge in [-0.1, -0.05) is 31.9 Å². The summed E-state index contributed by atoms with van der Waals surface area (Å²) in [5.74, 6) is -1.59. The van der Waals surface area contributed by atoms with Crippen LogP contribution in [0.2, 0.25) is 0 Å². The molecule has 0 aromatic carbocycles. The van der Waals surface area contributed by atoms with Crippen molar-refractivity contribution in [2.24, 2.45) is 0 Å². The highest BCUT2D eigenvalue weighted by atomic mass is 79.9. The molecule has 6 nitrogen and oxygen atoms in total. The van der Waals surface area contributed by atoms with Crippen LogP contribution in [0.1, 0.15) is 20.8 Å². The first-order chi connectivity index (χ1) is 8.81. The first-order valence-electron chi connectivity index (χ1n) is 5.45. The van der Waals surface area contributed by atoms with Gasteiger partial charge in [-0.25, -0.2) is 0 Å². The Kier molecular flexibility index (Phi) is 8.99. The molecule has 2 atom stereocenters. The fourth-order valence-electron chi connectivity index (χ4n) is 1.38. The molecule has 0 saturated carbocycles. The Hall–Kier alpha value is -0.630. The fraction of sp³-hybridized carbons (Fsp3) is 0.727. The van der Waals surface area contributed by atoms with E-state index >= 15 is 0 Å². The monoisotopic (exact) mass is 402 g/mol. The van der Waals surface area contributed by atoms with E-state index in [4.69, 9.17) is 14.2 Å². The number of rotatable bonds is 7. The standard InChI is InChI=1S/C11H16Br2O6/c1-6(14)17-9(4-12)11(19-8(3)16)10(5-13)18-7(2)15/h9-11H,4-5H2,1-3H3/t9-,10-/m0/s1. The summed E-state index contributed by atoms with van der Waals surface area (Å²) in [4.78, 5) is 33.2. The minimum Gasteiger partial charge on any atom is -0.458 e. The van der Waals surface area contributed by atoms with Crippen LogP contribution in [0.4, 0.5) is 0 Å². The summed E-state index contributed by atoms with van der Waals surface area (Å²) in [6.45, 7) is 3.72. The molecule has 0 radical (unpaired) electrons. The number of esters is 3. The fourth-order valence-corrected chi connectivity index (χ4v) is 2.38. The molecule has 0 aromatic heterocycles. The van der Waals surface area contributed by atoms with Crippen molar-refractivity contribution in [3.8, 4) is 0 Å². The maximum atomic E-state index is 11.1. The summed E-state index contributed by atoms with van der Waals surface area (Å²) in [6.07, 6.45) is -2.38. The quantitative estimate of drug-likeness (QED) is 0.364. The van der Waals surface area contributed by atoms with Gasteiger partial charge >= 0.3 is 17.9 Å². The van der Waals surface area contributed by atoms with Gasteiger partial charge in [0.05, 0.1) is 0 Å². The molecule has 0 aliphatic heterocycles. The number of carbonyl (C=O) groups is 3. The SMILES string of the molecule is CC(=O)OC([C@H](CBr)OC(C)=O)[C@H](CBr)OC(C)=O. The van der Waals surface area contributed by atoms with Crippen molar-refractivity contribution in [2.45, 2.75) is 39.1 Å². The van der Waals surface area contributed by atoms with Crippen LogP contribution < -0.4 is 0 Å². The maximum absolute atomic E-state index is 11.1. The normalized spacial score (nSPS) is 13.6. The average molecular weight is 404 g/mol. The van der Waals surface area contributed by atoms with E-state index in [2.05, 4.69) is 31.9 Å². The number of carbonyl (C=O) groups excluding carboxylic acids is 3. The number of hydrogen-bond donors (Lipinski definition) is 0. The lowest BCUT2D eigenvalue weighted by atomic mass is 10.1. The van der Waals surface area contributed by atoms with Crippen LogP contribution in [0.15, 0.2) is 0 Å². The number of hydrogen-bond acceptors (Lipinski definition) is 6. The first kappa shape index (κ1) is 18.4. The lowest BCUT2D eigenvalue weighted by Crippen LogP contribution is -2.46. The Labute approximate surface area is 128 Å². The van der Waals surface area contributed by atoms with Crippen molar-refractivity contribution < 1.29 is 28.6 Å². The molecule has 0 fully saturated rings. The molecule has 0 unspecified atom stereocenters. The number of alkyl halides is 2.